The van der Waals surface area contributed by atoms with Gasteiger partial charge >= 0.3 is 0 Å². The molecule has 0 aromatic rings. The fourth-order valence-electron chi connectivity index (χ4n) is 1.03. The molecule has 45 valence electrons. The van der Waals surface area contributed by atoms with E-state index in [1.165, 1.54) is 31.3 Å². The van der Waals surface area contributed by atoms with Crippen molar-refractivity contribution in [1.82, 2.24) is 0 Å². The maximum atomic E-state index is 2.33. The van der Waals surface area contributed by atoms with Gasteiger partial charge < -0.3 is 0 Å². The van der Waals surface area contributed by atoms with Crippen molar-refractivity contribution in [2.24, 2.45) is 0 Å². The Balaban J connectivity index is 2.36. The zero-order valence-corrected chi connectivity index (χ0v) is 5.48. The number of allylic oxidation sites excluding steroid dienone is 2. The molecule has 0 saturated heterocycles. The van der Waals surface area contributed by atoms with Gasteiger partial charge in [-0.25, -0.2) is 0 Å². The minimum Gasteiger partial charge on any atom is -0.0853 e. The van der Waals surface area contributed by atoms with Crippen LogP contribution in [0.25, 0.3) is 0 Å². The van der Waals surface area contributed by atoms with Gasteiger partial charge in [0.1, 0.15) is 0 Å². The third-order valence-electron chi connectivity index (χ3n) is 1.59. The maximum Gasteiger partial charge on any atom is -0.0140 e. The van der Waals surface area contributed by atoms with Gasteiger partial charge in [0.2, 0.25) is 0 Å². The Labute approximate surface area is 51.6 Å². The van der Waals surface area contributed by atoms with Crippen molar-refractivity contribution in [1.29, 1.82) is 0 Å². The molecule has 0 fully saturated rings. The molecule has 0 N–H and O–H groups in total. The van der Waals surface area contributed by atoms with Crippen molar-refractivity contribution >= 4 is 0 Å². The lowest BCUT2D eigenvalue weighted by Gasteiger charge is -1.90. The van der Waals surface area contributed by atoms with Crippen LogP contribution in [-0.2, 0) is 0 Å². The molecule has 1 aliphatic carbocycles. The highest BCUT2D eigenvalue weighted by Gasteiger charge is 1.95. The highest BCUT2D eigenvalue weighted by Crippen LogP contribution is 2.14. The average Bonchev–Trinajstić information content (AvgIpc) is 1.94. The van der Waals surface area contributed by atoms with Crippen molar-refractivity contribution in [2.75, 3.05) is 0 Å². The van der Waals surface area contributed by atoms with E-state index in [1.54, 1.807) is 0 Å². The van der Waals surface area contributed by atoms with Crippen LogP contribution < -0.4 is 0 Å². The molecule has 0 amide bonds. The highest BCUT2D eigenvalue weighted by atomic mass is 14.0. The normalized spacial score (nSPS) is 21.9. The van der Waals surface area contributed by atoms with E-state index < -0.39 is 0 Å². The number of hydrogen-bond donors (Lipinski definition) is 0. The van der Waals surface area contributed by atoms with E-state index in [-0.39, 0.29) is 0 Å². The summed E-state index contributed by atoms with van der Waals surface area (Å²) in [6, 6.07) is 0. The van der Waals surface area contributed by atoms with E-state index in [4.69, 9.17) is 0 Å². The van der Waals surface area contributed by atoms with Gasteiger partial charge in [-0.2, -0.15) is 0 Å². The standard InChI is InChI=1S/C8H13/c1-8-6-4-2-3-5-7-8/h6-7H,2-5H2,1H3. The summed E-state index contributed by atoms with van der Waals surface area (Å²) in [5.74, 6) is 0. The third-order valence-corrected chi connectivity index (χ3v) is 1.59. The summed E-state index contributed by atoms with van der Waals surface area (Å²) in [4.78, 5) is 0. The molecule has 0 spiro atoms. The lowest BCUT2D eigenvalue weighted by molar-refractivity contribution is 0.762. The summed E-state index contributed by atoms with van der Waals surface area (Å²) >= 11 is 0. The first-order valence-electron chi connectivity index (χ1n) is 3.39. The Morgan fingerprint density at radius 3 is 2.88 bits per heavy atom. The number of hydrogen-bond acceptors (Lipinski definition) is 0. The molecular weight excluding hydrogens is 96.1 g/mol. The van der Waals surface area contributed by atoms with Crippen LogP contribution in [-0.4, -0.2) is 0 Å². The van der Waals surface area contributed by atoms with Crippen LogP contribution >= 0.6 is 0 Å². The average molecular weight is 109 g/mol. The van der Waals surface area contributed by atoms with E-state index in [9.17, 15) is 0 Å². The summed E-state index contributed by atoms with van der Waals surface area (Å²) in [6.45, 7) is 2.19. The molecule has 0 aromatic heterocycles. The maximum absolute atomic E-state index is 2.33. The van der Waals surface area contributed by atoms with Crippen LogP contribution in [0.4, 0.5) is 0 Å². The molecule has 0 bridgehead atoms. The van der Waals surface area contributed by atoms with Crippen LogP contribution in [0, 0.1) is 6.42 Å². The van der Waals surface area contributed by atoms with E-state index >= 15 is 0 Å². The first-order chi connectivity index (χ1) is 3.89. The molecule has 0 nitrogen and oxygen atoms in total. The van der Waals surface area contributed by atoms with Gasteiger partial charge in [-0.15, -0.1) is 0 Å². The zero-order valence-electron chi connectivity index (χ0n) is 5.48. The summed E-state index contributed by atoms with van der Waals surface area (Å²) in [5, 5.41) is 0. The molecule has 0 aromatic carbocycles. The third kappa shape index (κ3) is 1.69. The molecule has 0 saturated carbocycles. The summed E-state index contributed by atoms with van der Waals surface area (Å²) in [7, 11) is 0. The van der Waals surface area contributed by atoms with Crippen molar-refractivity contribution in [3.63, 3.8) is 0 Å². The van der Waals surface area contributed by atoms with Crippen LogP contribution in [0.2, 0.25) is 0 Å². The zero-order chi connectivity index (χ0) is 5.82. The largest absolute Gasteiger partial charge is 0.0853 e. The van der Waals surface area contributed by atoms with Crippen molar-refractivity contribution in [3.8, 4) is 0 Å². The highest BCUT2D eigenvalue weighted by molar-refractivity contribution is 5.10. The van der Waals surface area contributed by atoms with Gasteiger partial charge in [0.15, 0.2) is 0 Å². The second-order valence-electron chi connectivity index (χ2n) is 2.44. The Hall–Kier alpha value is -0.260. The summed E-state index contributed by atoms with van der Waals surface area (Å²) < 4.78 is 0. The van der Waals surface area contributed by atoms with E-state index in [0.717, 1.165) is 0 Å². The SMILES string of the molecule is CC1=CCCCC[CH]1. The smallest absolute Gasteiger partial charge is 0.0140 e. The second-order valence-corrected chi connectivity index (χ2v) is 2.44. The molecular formula is C8H13. The van der Waals surface area contributed by atoms with Gasteiger partial charge in [-0.1, -0.05) is 18.1 Å². The molecule has 1 aliphatic rings. The van der Waals surface area contributed by atoms with Gasteiger partial charge in [0.05, 0.1) is 0 Å². The van der Waals surface area contributed by atoms with Crippen molar-refractivity contribution < 1.29 is 0 Å². The first-order valence-corrected chi connectivity index (χ1v) is 3.39. The summed E-state index contributed by atoms with van der Waals surface area (Å²) in [6.07, 6.45) is 10.0. The summed E-state index contributed by atoms with van der Waals surface area (Å²) in [5.41, 5.74) is 1.47. The molecule has 0 heterocycles. The predicted octanol–water partition coefficient (Wildman–Crippen LogP) is 2.71. The fourth-order valence-corrected chi connectivity index (χ4v) is 1.03. The van der Waals surface area contributed by atoms with Crippen molar-refractivity contribution in [2.45, 2.75) is 32.6 Å². The van der Waals surface area contributed by atoms with Crippen LogP contribution in [0.3, 0.4) is 0 Å². The molecule has 1 rings (SSSR count). The van der Waals surface area contributed by atoms with Crippen LogP contribution in [0.5, 0.6) is 0 Å². The molecule has 0 aliphatic heterocycles. The molecule has 0 unspecified atom stereocenters. The molecule has 0 atom stereocenters. The lowest BCUT2D eigenvalue weighted by atomic mass is 10.2. The van der Waals surface area contributed by atoms with Gasteiger partial charge in [0.25, 0.3) is 0 Å². The second kappa shape index (κ2) is 2.91. The van der Waals surface area contributed by atoms with E-state index in [2.05, 4.69) is 19.4 Å². The lowest BCUT2D eigenvalue weighted by Crippen LogP contribution is -1.73. The minimum absolute atomic E-state index is 1.29. The van der Waals surface area contributed by atoms with Crippen LogP contribution in [0.15, 0.2) is 11.6 Å². The van der Waals surface area contributed by atoms with Gasteiger partial charge in [-0.05, 0) is 32.6 Å². The minimum atomic E-state index is 1.29. The number of rotatable bonds is 0. The quantitative estimate of drug-likeness (QED) is 0.448. The topological polar surface area (TPSA) is 0 Å². The Kier molecular flexibility index (Phi) is 2.13. The van der Waals surface area contributed by atoms with Gasteiger partial charge in [0, 0.05) is 0 Å². The van der Waals surface area contributed by atoms with Crippen molar-refractivity contribution in [3.05, 3.63) is 18.1 Å². The molecule has 0 heteroatoms. The monoisotopic (exact) mass is 109 g/mol. The van der Waals surface area contributed by atoms with Crippen LogP contribution in [0.1, 0.15) is 32.6 Å². The Morgan fingerprint density at radius 2 is 2.00 bits per heavy atom. The molecule has 1 radical (unpaired) electrons. The van der Waals surface area contributed by atoms with E-state index in [0.29, 0.717) is 0 Å². The Morgan fingerprint density at radius 1 is 1.25 bits per heavy atom. The first kappa shape index (κ1) is 5.87. The fraction of sp³-hybridized carbons (Fsp3) is 0.625. The van der Waals surface area contributed by atoms with E-state index in [1.807, 2.05) is 0 Å². The molecule has 8 heavy (non-hydrogen) atoms. The Bertz CT molecular complexity index is 90.2. The predicted molar refractivity (Wildman–Crippen MR) is 36.5 cm³/mol. The van der Waals surface area contributed by atoms with Gasteiger partial charge in [-0.3, -0.25) is 0 Å².